The summed E-state index contributed by atoms with van der Waals surface area (Å²) < 4.78 is 27.5. The van der Waals surface area contributed by atoms with E-state index < -0.39 is 10.0 Å². The molecule has 0 spiro atoms. The summed E-state index contributed by atoms with van der Waals surface area (Å²) in [5, 5.41) is 8.51. The van der Waals surface area contributed by atoms with Gasteiger partial charge < -0.3 is 5.32 Å². The van der Waals surface area contributed by atoms with Gasteiger partial charge in [0.1, 0.15) is 5.82 Å². The second kappa shape index (κ2) is 8.27. The lowest BCUT2D eigenvalue weighted by Gasteiger charge is -2.10. The van der Waals surface area contributed by atoms with Crippen molar-refractivity contribution < 1.29 is 8.42 Å². The number of hydrogen-bond donors (Lipinski definition) is 3. The number of nitrogens with zero attached hydrogens (tertiary/aromatic N) is 2. The Morgan fingerprint density at radius 1 is 1.35 bits per heavy atom. The number of nitrogens with two attached hydrogens (primary N) is 1. The maximum Gasteiger partial charge on any atom is 0.240 e. The third kappa shape index (κ3) is 5.30. The number of benzene rings is 1. The largest absolute Gasteiger partial charge is 0.368 e. The van der Waals surface area contributed by atoms with Gasteiger partial charge in [-0.15, -0.1) is 0 Å². The lowest BCUT2D eigenvalue weighted by atomic mass is 10.4. The first kappa shape index (κ1) is 18.4. The third-order valence-electron chi connectivity index (χ3n) is 2.68. The van der Waals surface area contributed by atoms with E-state index in [1.807, 2.05) is 0 Å². The molecule has 0 aliphatic heterocycles. The molecule has 0 bridgehead atoms. The zero-order valence-electron chi connectivity index (χ0n) is 11.7. The van der Waals surface area contributed by atoms with Gasteiger partial charge in [-0.05, 0) is 57.7 Å². The Bertz CT molecular complexity index is 791. The lowest BCUT2D eigenvalue weighted by Crippen LogP contribution is -2.29. The van der Waals surface area contributed by atoms with Crippen molar-refractivity contribution in [1.82, 2.24) is 14.7 Å². The van der Waals surface area contributed by atoms with Crippen LogP contribution in [0.4, 0.5) is 5.82 Å². The summed E-state index contributed by atoms with van der Waals surface area (Å²) in [6.45, 7) is 0.507. The monoisotopic (exact) mass is 437 g/mol. The Balaban J connectivity index is 1.93. The molecule has 11 heteroatoms. The highest BCUT2D eigenvalue weighted by Gasteiger charge is 2.13. The van der Waals surface area contributed by atoms with Gasteiger partial charge in [-0.1, -0.05) is 6.07 Å². The molecule has 0 saturated heterocycles. The number of nitrogens with one attached hydrogen (secondary N) is 2. The molecule has 4 N–H and O–H groups in total. The van der Waals surface area contributed by atoms with E-state index in [1.165, 1.54) is 18.3 Å². The average molecular weight is 439 g/mol. The Morgan fingerprint density at radius 2 is 2.13 bits per heavy atom. The van der Waals surface area contributed by atoms with E-state index in [-0.39, 0.29) is 16.7 Å². The normalized spacial score (nSPS) is 11.4. The van der Waals surface area contributed by atoms with Gasteiger partial charge in [0.2, 0.25) is 15.3 Å². The van der Waals surface area contributed by atoms with Crippen LogP contribution in [0.1, 0.15) is 0 Å². The topological polar surface area (TPSA) is 110 Å². The lowest BCUT2D eigenvalue weighted by molar-refractivity contribution is 0.582. The summed E-state index contributed by atoms with van der Waals surface area (Å²) in [6.07, 6.45) is 1.51. The fourth-order valence-electron chi connectivity index (χ4n) is 1.63. The minimum absolute atomic E-state index is 0.104. The first-order valence-electron chi connectivity index (χ1n) is 6.31. The smallest absolute Gasteiger partial charge is 0.240 e. The first-order valence-corrected chi connectivity index (χ1v) is 9.84. The van der Waals surface area contributed by atoms with E-state index in [1.54, 1.807) is 12.1 Å². The number of anilines is 1. The molecule has 124 valence electrons. The van der Waals surface area contributed by atoms with E-state index in [0.29, 0.717) is 21.7 Å². The van der Waals surface area contributed by atoms with Crippen LogP contribution in [-0.4, -0.2) is 31.5 Å². The molecule has 0 saturated carbocycles. The van der Waals surface area contributed by atoms with Crippen molar-refractivity contribution in [2.75, 3.05) is 18.4 Å². The van der Waals surface area contributed by atoms with E-state index in [9.17, 15) is 8.42 Å². The number of rotatable bonds is 7. The fraction of sp³-hybridized carbons (Fsp3) is 0.167. The van der Waals surface area contributed by atoms with Gasteiger partial charge in [0.15, 0.2) is 0 Å². The highest BCUT2D eigenvalue weighted by Crippen LogP contribution is 2.20. The van der Waals surface area contributed by atoms with Gasteiger partial charge in [0.25, 0.3) is 0 Å². The molecule has 0 aliphatic rings. The van der Waals surface area contributed by atoms with Crippen LogP contribution in [0.3, 0.4) is 0 Å². The molecule has 23 heavy (non-hydrogen) atoms. The minimum atomic E-state index is -3.60. The summed E-state index contributed by atoms with van der Waals surface area (Å²) in [4.78, 5) is 8.63. The molecule has 0 unspecified atom stereocenters. The summed E-state index contributed by atoms with van der Waals surface area (Å²) >= 11 is 9.97. The summed E-state index contributed by atoms with van der Waals surface area (Å²) in [5.74, 6) is 0.491. The molecule has 0 amide bonds. The molecule has 2 aromatic rings. The van der Waals surface area contributed by atoms with Gasteiger partial charge >= 0.3 is 0 Å². The second-order valence-electron chi connectivity index (χ2n) is 4.25. The predicted octanol–water partition coefficient (Wildman–Crippen LogP) is 2.25. The van der Waals surface area contributed by atoms with E-state index in [2.05, 4.69) is 35.9 Å². The minimum Gasteiger partial charge on any atom is -0.368 e. The van der Waals surface area contributed by atoms with Crippen molar-refractivity contribution in [3.05, 3.63) is 40.2 Å². The molecule has 7 nitrogen and oxygen atoms in total. The quantitative estimate of drug-likeness (QED) is 0.345. The van der Waals surface area contributed by atoms with Crippen LogP contribution in [0.2, 0.25) is 5.28 Å². The number of hydrogen-bond acceptors (Lipinski definition) is 7. The molecule has 0 atom stereocenters. The van der Waals surface area contributed by atoms with Crippen molar-refractivity contribution in [1.29, 1.82) is 0 Å². The molecule has 1 aromatic carbocycles. The molecule has 0 aliphatic carbocycles. The number of sulfonamides is 1. The van der Waals surface area contributed by atoms with Crippen molar-refractivity contribution in [2.45, 2.75) is 9.79 Å². The maximum atomic E-state index is 12.2. The summed E-state index contributed by atoms with van der Waals surface area (Å²) in [6, 6.07) is 6.40. The van der Waals surface area contributed by atoms with E-state index in [0.717, 1.165) is 11.9 Å². The van der Waals surface area contributed by atoms with Crippen LogP contribution < -0.4 is 15.2 Å². The van der Waals surface area contributed by atoms with Crippen LogP contribution in [0.25, 0.3) is 0 Å². The zero-order chi connectivity index (χ0) is 16.9. The molecular weight excluding hydrogens is 426 g/mol. The van der Waals surface area contributed by atoms with Crippen molar-refractivity contribution in [2.24, 2.45) is 5.14 Å². The van der Waals surface area contributed by atoms with E-state index in [4.69, 9.17) is 16.7 Å². The standard InChI is InChI=1S/C12H13BrClN5O2S2/c13-10-7-17-12(14)19-11(10)16-4-5-18-23(20,21)9-3-1-2-8(6-9)22-15/h1-3,6-7,18H,4-5,15H2,(H,16,17,19). The maximum absolute atomic E-state index is 12.2. The SMILES string of the molecule is NSc1cccc(S(=O)(=O)NCCNc2nc(Cl)ncc2Br)c1. The number of halogens is 2. The molecule has 0 fully saturated rings. The van der Waals surface area contributed by atoms with Crippen LogP contribution in [0.15, 0.2) is 44.7 Å². The molecule has 1 heterocycles. The van der Waals surface area contributed by atoms with E-state index >= 15 is 0 Å². The first-order chi connectivity index (χ1) is 10.9. The van der Waals surface area contributed by atoms with Crippen LogP contribution in [0, 0.1) is 0 Å². The predicted molar refractivity (Wildman–Crippen MR) is 94.9 cm³/mol. The Labute approximate surface area is 151 Å². The Morgan fingerprint density at radius 3 is 2.87 bits per heavy atom. The van der Waals surface area contributed by atoms with Gasteiger partial charge in [0.05, 0.1) is 9.37 Å². The van der Waals surface area contributed by atoms with Crippen molar-refractivity contribution in [3.63, 3.8) is 0 Å². The van der Waals surface area contributed by atoms with Crippen LogP contribution >= 0.6 is 39.5 Å². The zero-order valence-corrected chi connectivity index (χ0v) is 15.6. The number of aromatic nitrogens is 2. The van der Waals surface area contributed by atoms with Gasteiger partial charge in [-0.25, -0.2) is 18.1 Å². The Kier molecular flexibility index (Phi) is 6.62. The highest BCUT2D eigenvalue weighted by molar-refractivity contribution is 9.10. The van der Waals surface area contributed by atoms with Gasteiger partial charge in [0, 0.05) is 24.2 Å². The average Bonchev–Trinajstić information content (AvgIpc) is 2.54. The molecule has 2 rings (SSSR count). The van der Waals surface area contributed by atoms with Crippen molar-refractivity contribution >= 4 is 55.3 Å². The molecule has 0 radical (unpaired) electrons. The van der Waals surface area contributed by atoms with Crippen LogP contribution in [0.5, 0.6) is 0 Å². The van der Waals surface area contributed by atoms with Crippen molar-refractivity contribution in [3.8, 4) is 0 Å². The fourth-order valence-corrected chi connectivity index (χ4v) is 3.60. The third-order valence-corrected chi connectivity index (χ3v) is 5.42. The second-order valence-corrected chi connectivity index (χ2v) is 7.92. The molecule has 1 aromatic heterocycles. The Hall–Kier alpha value is -0.910. The summed E-state index contributed by atoms with van der Waals surface area (Å²) in [7, 11) is -3.60. The van der Waals surface area contributed by atoms with Gasteiger partial charge in [-0.3, -0.25) is 5.14 Å². The van der Waals surface area contributed by atoms with Gasteiger partial charge in [-0.2, -0.15) is 4.98 Å². The van der Waals surface area contributed by atoms with Crippen LogP contribution in [-0.2, 0) is 10.0 Å². The highest BCUT2D eigenvalue weighted by atomic mass is 79.9. The molecular formula is C12H13BrClN5O2S2. The summed E-state index contributed by atoms with van der Waals surface area (Å²) in [5.41, 5.74) is 0.